The van der Waals surface area contributed by atoms with Crippen molar-refractivity contribution in [3.05, 3.63) is 52.5 Å². The van der Waals surface area contributed by atoms with Gasteiger partial charge in [-0.3, -0.25) is 0 Å². The summed E-state index contributed by atoms with van der Waals surface area (Å²) in [6.45, 7) is 2.69. The van der Waals surface area contributed by atoms with Crippen molar-refractivity contribution < 1.29 is 4.79 Å². The first kappa shape index (κ1) is 18.7. The van der Waals surface area contributed by atoms with Gasteiger partial charge in [0.2, 0.25) is 0 Å². The maximum absolute atomic E-state index is 12.5. The van der Waals surface area contributed by atoms with Crippen LogP contribution in [0.2, 0.25) is 10.0 Å². The van der Waals surface area contributed by atoms with Gasteiger partial charge < -0.3 is 20.0 Å². The summed E-state index contributed by atoms with van der Waals surface area (Å²) in [5.74, 6) is 0. The van der Waals surface area contributed by atoms with Gasteiger partial charge in [0.1, 0.15) is 0 Å². The number of hydrogen-bond donors (Lipinski definition) is 1. The van der Waals surface area contributed by atoms with E-state index in [2.05, 4.69) is 10.2 Å². The van der Waals surface area contributed by atoms with E-state index in [1.54, 1.807) is 12.1 Å². The average molecular weight is 393 g/mol. The molecule has 0 bridgehead atoms. The summed E-state index contributed by atoms with van der Waals surface area (Å²) < 4.78 is 0. The molecule has 1 aliphatic rings. The molecule has 0 radical (unpaired) electrons. The first-order valence-electron chi connectivity index (χ1n) is 8.47. The Balaban J connectivity index is 1.57. The molecule has 0 spiro atoms. The molecule has 7 heteroatoms. The third-order valence-electron chi connectivity index (χ3n) is 4.45. The third kappa shape index (κ3) is 4.34. The highest BCUT2D eigenvalue weighted by Crippen LogP contribution is 2.29. The zero-order valence-corrected chi connectivity index (χ0v) is 16.4. The van der Waals surface area contributed by atoms with Crippen LogP contribution in [0.4, 0.5) is 21.9 Å². The van der Waals surface area contributed by atoms with Crippen molar-refractivity contribution in [2.75, 3.05) is 55.4 Å². The molecule has 26 heavy (non-hydrogen) atoms. The fourth-order valence-electron chi connectivity index (χ4n) is 2.92. The molecular weight excluding hydrogens is 371 g/mol. The summed E-state index contributed by atoms with van der Waals surface area (Å²) in [5, 5.41) is 4.29. The quantitative estimate of drug-likeness (QED) is 0.840. The van der Waals surface area contributed by atoms with Crippen LogP contribution in [0.25, 0.3) is 0 Å². The Kier molecular flexibility index (Phi) is 5.79. The highest BCUT2D eigenvalue weighted by molar-refractivity contribution is 6.35. The van der Waals surface area contributed by atoms with Crippen LogP contribution in [0.15, 0.2) is 42.5 Å². The maximum atomic E-state index is 12.5. The third-order valence-corrected chi connectivity index (χ3v) is 5.01. The fraction of sp³-hybridized carbons (Fsp3) is 0.316. The number of benzene rings is 2. The van der Waals surface area contributed by atoms with Crippen molar-refractivity contribution in [3.8, 4) is 0 Å². The maximum Gasteiger partial charge on any atom is 0.321 e. The van der Waals surface area contributed by atoms with Gasteiger partial charge in [0, 0.05) is 56.7 Å². The molecule has 138 valence electrons. The summed E-state index contributed by atoms with van der Waals surface area (Å²) >= 11 is 12.3. The predicted octanol–water partition coefficient (Wildman–Crippen LogP) is 4.41. The molecule has 0 saturated carbocycles. The van der Waals surface area contributed by atoms with Gasteiger partial charge in [-0.25, -0.2) is 4.79 Å². The van der Waals surface area contributed by atoms with Gasteiger partial charge in [-0.05, 0) is 42.5 Å². The predicted molar refractivity (Wildman–Crippen MR) is 110 cm³/mol. The van der Waals surface area contributed by atoms with Crippen LogP contribution in [-0.4, -0.2) is 51.2 Å². The van der Waals surface area contributed by atoms with E-state index >= 15 is 0 Å². The Bertz CT molecular complexity index is 772. The lowest BCUT2D eigenvalue weighted by molar-refractivity contribution is 0.208. The number of nitrogens with one attached hydrogen (secondary N) is 1. The van der Waals surface area contributed by atoms with E-state index < -0.39 is 0 Å². The number of hydrogen-bond acceptors (Lipinski definition) is 3. The van der Waals surface area contributed by atoms with Crippen LogP contribution in [0.3, 0.4) is 0 Å². The topological polar surface area (TPSA) is 38.8 Å². The van der Waals surface area contributed by atoms with Crippen molar-refractivity contribution in [1.29, 1.82) is 0 Å². The number of rotatable bonds is 3. The van der Waals surface area contributed by atoms with E-state index in [0.717, 1.165) is 17.1 Å². The van der Waals surface area contributed by atoms with E-state index in [1.165, 1.54) is 0 Å². The van der Waals surface area contributed by atoms with Crippen LogP contribution in [0.1, 0.15) is 0 Å². The first-order chi connectivity index (χ1) is 12.4. The molecule has 0 atom stereocenters. The minimum absolute atomic E-state index is 0.0838. The molecule has 0 aliphatic carbocycles. The first-order valence-corrected chi connectivity index (χ1v) is 9.23. The number of halogens is 2. The lowest BCUT2D eigenvalue weighted by atomic mass is 10.2. The second kappa shape index (κ2) is 8.06. The van der Waals surface area contributed by atoms with E-state index in [1.807, 2.05) is 54.2 Å². The molecule has 0 aromatic heterocycles. The van der Waals surface area contributed by atoms with E-state index in [4.69, 9.17) is 23.2 Å². The normalized spacial score (nSPS) is 14.3. The number of urea groups is 1. The molecule has 2 amide bonds. The lowest BCUT2D eigenvalue weighted by Crippen LogP contribution is -2.50. The van der Waals surface area contributed by atoms with E-state index in [0.29, 0.717) is 36.2 Å². The Hall–Kier alpha value is -2.11. The Morgan fingerprint density at radius 2 is 1.65 bits per heavy atom. The lowest BCUT2D eigenvalue weighted by Gasteiger charge is -2.36. The van der Waals surface area contributed by atoms with Crippen LogP contribution in [0.5, 0.6) is 0 Å². The molecule has 2 aromatic rings. The number of carbonyl (C=O) groups is 1. The second-order valence-electron chi connectivity index (χ2n) is 6.44. The Morgan fingerprint density at radius 1 is 1.00 bits per heavy atom. The van der Waals surface area contributed by atoms with Crippen LogP contribution >= 0.6 is 23.2 Å². The minimum atomic E-state index is -0.0838. The molecule has 1 saturated heterocycles. The van der Waals surface area contributed by atoms with Gasteiger partial charge in [-0.15, -0.1) is 0 Å². The van der Waals surface area contributed by atoms with Crippen molar-refractivity contribution in [1.82, 2.24) is 4.90 Å². The summed E-state index contributed by atoms with van der Waals surface area (Å²) in [6, 6.07) is 13.1. The van der Waals surface area contributed by atoms with E-state index in [-0.39, 0.29) is 6.03 Å². The van der Waals surface area contributed by atoms with Crippen molar-refractivity contribution >= 4 is 46.3 Å². The Morgan fingerprint density at radius 3 is 2.27 bits per heavy atom. The summed E-state index contributed by atoms with van der Waals surface area (Å²) in [4.78, 5) is 18.5. The highest BCUT2D eigenvalue weighted by atomic mass is 35.5. The second-order valence-corrected chi connectivity index (χ2v) is 7.28. The molecular formula is C19H22Cl2N4O. The van der Waals surface area contributed by atoms with Gasteiger partial charge >= 0.3 is 6.03 Å². The summed E-state index contributed by atoms with van der Waals surface area (Å²) in [5.41, 5.74) is 2.80. The van der Waals surface area contributed by atoms with Crippen LogP contribution in [-0.2, 0) is 0 Å². The molecule has 1 heterocycles. The number of anilines is 3. The van der Waals surface area contributed by atoms with Crippen molar-refractivity contribution in [2.45, 2.75) is 0 Å². The number of nitrogens with zero attached hydrogens (tertiary/aromatic N) is 3. The number of amides is 2. The Labute approximate surface area is 164 Å². The highest BCUT2D eigenvalue weighted by Gasteiger charge is 2.22. The molecule has 5 nitrogen and oxygen atoms in total. The van der Waals surface area contributed by atoms with Crippen molar-refractivity contribution in [2.24, 2.45) is 0 Å². The van der Waals surface area contributed by atoms with Gasteiger partial charge in [-0.1, -0.05) is 23.2 Å². The van der Waals surface area contributed by atoms with Crippen LogP contribution < -0.4 is 15.1 Å². The molecule has 0 unspecified atom stereocenters. The van der Waals surface area contributed by atoms with Gasteiger partial charge in [-0.2, -0.15) is 0 Å². The monoisotopic (exact) mass is 392 g/mol. The van der Waals surface area contributed by atoms with Gasteiger partial charge in [0.15, 0.2) is 0 Å². The molecule has 2 aromatic carbocycles. The van der Waals surface area contributed by atoms with E-state index in [9.17, 15) is 4.79 Å². The SMILES string of the molecule is CN(C)c1ccc(NC(=O)N2CCN(c3cc(Cl)ccc3Cl)CC2)cc1. The smallest absolute Gasteiger partial charge is 0.321 e. The molecule has 1 N–H and O–H groups in total. The number of piperazine rings is 1. The van der Waals surface area contributed by atoms with Gasteiger partial charge in [0.25, 0.3) is 0 Å². The molecule has 1 aliphatic heterocycles. The van der Waals surface area contributed by atoms with Crippen LogP contribution in [0, 0.1) is 0 Å². The summed E-state index contributed by atoms with van der Waals surface area (Å²) in [6.07, 6.45) is 0. The van der Waals surface area contributed by atoms with Gasteiger partial charge in [0.05, 0.1) is 10.7 Å². The standard InChI is InChI=1S/C19H22Cl2N4O/c1-23(2)16-6-4-15(5-7-16)22-19(26)25-11-9-24(10-12-25)18-13-14(20)3-8-17(18)21/h3-8,13H,9-12H2,1-2H3,(H,22,26). The average Bonchev–Trinajstić information content (AvgIpc) is 2.64. The summed E-state index contributed by atoms with van der Waals surface area (Å²) in [7, 11) is 3.97. The fourth-order valence-corrected chi connectivity index (χ4v) is 3.33. The van der Waals surface area contributed by atoms with Crippen molar-refractivity contribution in [3.63, 3.8) is 0 Å². The number of carbonyl (C=O) groups excluding carboxylic acids is 1. The molecule has 3 rings (SSSR count). The zero-order valence-electron chi connectivity index (χ0n) is 14.9. The minimum Gasteiger partial charge on any atom is -0.378 e. The molecule has 1 fully saturated rings. The zero-order chi connectivity index (χ0) is 18.7. The largest absolute Gasteiger partial charge is 0.378 e.